The van der Waals surface area contributed by atoms with Gasteiger partial charge in [0.2, 0.25) is 5.56 Å². The van der Waals surface area contributed by atoms with Gasteiger partial charge in [-0.1, -0.05) is 13.3 Å². The van der Waals surface area contributed by atoms with E-state index >= 15 is 0 Å². The Kier molecular flexibility index (Phi) is 4.97. The fourth-order valence-corrected chi connectivity index (χ4v) is 4.49. The largest absolute Gasteiger partial charge is 0.339 e. The SMILES string of the molecule is CCC1CNNC1C1CCN(C(=O)c2cc(=O)[nH]c3ccc(F)cc23)CC1. The van der Waals surface area contributed by atoms with E-state index in [0.717, 1.165) is 25.8 Å². The zero-order valence-electron chi connectivity index (χ0n) is 15.4. The Morgan fingerprint density at radius 1 is 1.26 bits per heavy atom. The fourth-order valence-electron chi connectivity index (χ4n) is 4.49. The molecular formula is C20H25FN4O2. The number of aromatic nitrogens is 1. The number of pyridine rings is 1. The van der Waals surface area contributed by atoms with Gasteiger partial charge in [0.1, 0.15) is 5.82 Å². The number of nitrogens with zero attached hydrogens (tertiary/aromatic N) is 1. The second-order valence-corrected chi connectivity index (χ2v) is 7.59. The van der Waals surface area contributed by atoms with Crippen molar-refractivity contribution in [2.45, 2.75) is 32.2 Å². The molecule has 2 saturated heterocycles. The average molecular weight is 372 g/mol. The molecule has 0 radical (unpaired) electrons. The maximum atomic E-state index is 13.7. The Morgan fingerprint density at radius 2 is 2.04 bits per heavy atom. The molecule has 2 atom stereocenters. The summed E-state index contributed by atoms with van der Waals surface area (Å²) in [4.78, 5) is 29.4. The molecule has 1 aromatic heterocycles. The Morgan fingerprint density at radius 3 is 2.78 bits per heavy atom. The fraction of sp³-hybridized carbons (Fsp3) is 0.500. The van der Waals surface area contributed by atoms with Gasteiger partial charge in [-0.15, -0.1) is 0 Å². The van der Waals surface area contributed by atoms with Gasteiger partial charge < -0.3 is 9.88 Å². The number of hydrazine groups is 1. The molecule has 0 saturated carbocycles. The van der Waals surface area contributed by atoms with Crippen molar-refractivity contribution < 1.29 is 9.18 Å². The average Bonchev–Trinajstić information content (AvgIpc) is 3.16. The number of carbonyl (C=O) groups is 1. The first-order valence-corrected chi connectivity index (χ1v) is 9.67. The number of carbonyl (C=O) groups excluding carboxylic acids is 1. The zero-order valence-corrected chi connectivity index (χ0v) is 15.4. The lowest BCUT2D eigenvalue weighted by molar-refractivity contribution is 0.0665. The van der Waals surface area contributed by atoms with Crippen LogP contribution in [-0.4, -0.2) is 41.5 Å². The summed E-state index contributed by atoms with van der Waals surface area (Å²) < 4.78 is 13.7. The number of benzene rings is 1. The van der Waals surface area contributed by atoms with Crippen LogP contribution in [0.25, 0.3) is 10.9 Å². The summed E-state index contributed by atoms with van der Waals surface area (Å²) in [7, 11) is 0. The first kappa shape index (κ1) is 18.1. The van der Waals surface area contributed by atoms with Crippen molar-refractivity contribution in [1.82, 2.24) is 20.7 Å². The number of hydrogen-bond acceptors (Lipinski definition) is 4. The molecular weight excluding hydrogens is 347 g/mol. The van der Waals surface area contributed by atoms with Crippen LogP contribution >= 0.6 is 0 Å². The van der Waals surface area contributed by atoms with E-state index in [1.165, 1.54) is 24.3 Å². The molecule has 1 aromatic carbocycles. The highest BCUT2D eigenvalue weighted by Crippen LogP contribution is 2.29. The number of rotatable bonds is 3. The topological polar surface area (TPSA) is 77.2 Å². The minimum atomic E-state index is -0.423. The first-order valence-electron chi connectivity index (χ1n) is 9.67. The molecule has 2 aromatic rings. The van der Waals surface area contributed by atoms with Crippen molar-refractivity contribution in [3.05, 3.63) is 46.0 Å². The van der Waals surface area contributed by atoms with Gasteiger partial charge in [0.25, 0.3) is 5.91 Å². The predicted molar refractivity (Wildman–Crippen MR) is 102 cm³/mol. The summed E-state index contributed by atoms with van der Waals surface area (Å²) in [6.45, 7) is 4.51. The highest BCUT2D eigenvalue weighted by Gasteiger charge is 2.35. The van der Waals surface area contributed by atoms with E-state index in [4.69, 9.17) is 0 Å². The van der Waals surface area contributed by atoms with Crippen LogP contribution in [0.5, 0.6) is 0 Å². The highest BCUT2D eigenvalue weighted by atomic mass is 19.1. The van der Waals surface area contributed by atoms with Crippen LogP contribution in [-0.2, 0) is 0 Å². The lowest BCUT2D eigenvalue weighted by Gasteiger charge is -2.36. The Hall–Kier alpha value is -2.25. The van der Waals surface area contributed by atoms with Crippen molar-refractivity contribution in [3.8, 4) is 0 Å². The van der Waals surface area contributed by atoms with Crippen LogP contribution < -0.4 is 16.4 Å². The number of aromatic amines is 1. The Balaban J connectivity index is 1.52. The van der Waals surface area contributed by atoms with Crippen molar-refractivity contribution >= 4 is 16.8 Å². The van der Waals surface area contributed by atoms with Crippen molar-refractivity contribution in [2.24, 2.45) is 11.8 Å². The van der Waals surface area contributed by atoms with E-state index in [0.29, 0.717) is 41.9 Å². The van der Waals surface area contributed by atoms with Gasteiger partial charge >= 0.3 is 0 Å². The first-order chi connectivity index (χ1) is 13.1. The van der Waals surface area contributed by atoms with E-state index in [9.17, 15) is 14.0 Å². The van der Waals surface area contributed by atoms with Gasteiger partial charge in [-0.05, 0) is 42.9 Å². The molecule has 2 aliphatic heterocycles. The lowest BCUT2D eigenvalue weighted by atomic mass is 9.82. The third-order valence-corrected chi connectivity index (χ3v) is 6.04. The normalized spacial score (nSPS) is 23.9. The maximum absolute atomic E-state index is 13.7. The molecule has 7 heteroatoms. The van der Waals surface area contributed by atoms with Gasteiger partial charge in [-0.2, -0.15) is 0 Å². The molecule has 0 bridgehead atoms. The number of fused-ring (bicyclic) bond motifs is 1. The highest BCUT2D eigenvalue weighted by molar-refractivity contribution is 6.06. The summed E-state index contributed by atoms with van der Waals surface area (Å²) in [6, 6.07) is 5.82. The number of H-pyrrole nitrogens is 1. The molecule has 2 aliphatic rings. The summed E-state index contributed by atoms with van der Waals surface area (Å²) in [5.74, 6) is 0.534. The molecule has 1 amide bonds. The van der Waals surface area contributed by atoms with Crippen molar-refractivity contribution in [3.63, 3.8) is 0 Å². The second-order valence-electron chi connectivity index (χ2n) is 7.59. The van der Waals surface area contributed by atoms with Gasteiger partial charge in [0.05, 0.1) is 5.56 Å². The van der Waals surface area contributed by atoms with Crippen molar-refractivity contribution in [2.75, 3.05) is 19.6 Å². The molecule has 3 heterocycles. The Labute approximate surface area is 157 Å². The minimum Gasteiger partial charge on any atom is -0.339 e. The molecule has 27 heavy (non-hydrogen) atoms. The smallest absolute Gasteiger partial charge is 0.254 e. The summed E-state index contributed by atoms with van der Waals surface area (Å²) in [6.07, 6.45) is 2.99. The number of piperidine rings is 1. The number of hydrogen-bond donors (Lipinski definition) is 3. The summed E-state index contributed by atoms with van der Waals surface area (Å²) in [5, 5.41) is 0.453. The Bertz CT molecular complexity index is 904. The lowest BCUT2D eigenvalue weighted by Crippen LogP contribution is -2.46. The van der Waals surface area contributed by atoms with E-state index < -0.39 is 5.82 Å². The predicted octanol–water partition coefficient (Wildman–Crippen LogP) is 2.02. The van der Waals surface area contributed by atoms with E-state index in [1.54, 1.807) is 4.90 Å². The molecule has 0 aliphatic carbocycles. The minimum absolute atomic E-state index is 0.195. The van der Waals surface area contributed by atoms with Gasteiger partial charge in [0.15, 0.2) is 0 Å². The molecule has 0 spiro atoms. The molecule has 4 rings (SSSR count). The third kappa shape index (κ3) is 3.49. The molecule has 6 nitrogen and oxygen atoms in total. The summed E-state index contributed by atoms with van der Waals surface area (Å²) in [5.41, 5.74) is 7.07. The van der Waals surface area contributed by atoms with Crippen LogP contribution in [0.3, 0.4) is 0 Å². The number of nitrogens with one attached hydrogen (secondary N) is 3. The van der Waals surface area contributed by atoms with E-state index in [2.05, 4.69) is 22.8 Å². The van der Waals surface area contributed by atoms with Crippen LogP contribution in [0.15, 0.2) is 29.1 Å². The number of amides is 1. The van der Waals surface area contributed by atoms with Crippen LogP contribution in [0.1, 0.15) is 36.5 Å². The van der Waals surface area contributed by atoms with Crippen molar-refractivity contribution in [1.29, 1.82) is 0 Å². The van der Waals surface area contributed by atoms with Gasteiger partial charge in [-0.3, -0.25) is 20.4 Å². The van der Waals surface area contributed by atoms with Crippen LogP contribution in [0.4, 0.5) is 4.39 Å². The van der Waals surface area contributed by atoms with Gasteiger partial charge in [-0.25, -0.2) is 4.39 Å². The molecule has 2 fully saturated rings. The van der Waals surface area contributed by atoms with Crippen LogP contribution in [0, 0.1) is 17.7 Å². The van der Waals surface area contributed by atoms with Crippen LogP contribution in [0.2, 0.25) is 0 Å². The monoisotopic (exact) mass is 372 g/mol. The standard InChI is InChI=1S/C20H25FN4O2/c1-2-12-11-22-24-19(12)13-5-7-25(8-6-13)20(27)16-10-18(26)23-17-4-3-14(21)9-15(16)17/h3-4,9-10,12-13,19,22,24H,2,5-8,11H2,1H3,(H,23,26). The molecule has 2 unspecified atom stereocenters. The molecule has 144 valence electrons. The number of likely N-dealkylation sites (tertiary alicyclic amines) is 1. The zero-order chi connectivity index (χ0) is 19.0. The molecule has 3 N–H and O–H groups in total. The summed E-state index contributed by atoms with van der Waals surface area (Å²) >= 11 is 0. The quantitative estimate of drug-likeness (QED) is 0.770. The van der Waals surface area contributed by atoms with E-state index in [-0.39, 0.29) is 17.0 Å². The second kappa shape index (κ2) is 7.40. The number of halogens is 1. The maximum Gasteiger partial charge on any atom is 0.254 e. The van der Waals surface area contributed by atoms with Gasteiger partial charge in [0, 0.05) is 42.6 Å². The third-order valence-electron chi connectivity index (χ3n) is 6.04. The van der Waals surface area contributed by atoms with E-state index in [1.807, 2.05) is 0 Å².